The Morgan fingerprint density at radius 2 is 1.21 bits per heavy atom. The molecule has 0 bridgehead atoms. The van der Waals surface area contributed by atoms with Gasteiger partial charge in [-0.3, -0.25) is 0 Å². The first-order valence-corrected chi connectivity index (χ1v) is 15.8. The van der Waals surface area contributed by atoms with Crippen LogP contribution in [0.4, 0.5) is 0 Å². The molecule has 0 unspecified atom stereocenters. The fourth-order valence-electron chi connectivity index (χ4n) is 7.40. The third-order valence-electron chi connectivity index (χ3n) is 9.61. The van der Waals surface area contributed by atoms with Crippen LogP contribution in [0.5, 0.6) is 0 Å². The van der Waals surface area contributed by atoms with Crippen LogP contribution in [-0.4, -0.2) is 15.3 Å². The number of hydrogen-bond donors (Lipinski definition) is 1. The van der Waals surface area contributed by atoms with E-state index in [0.29, 0.717) is 5.56 Å². The minimum Gasteiger partial charge on any atom is -0.455 e. The molecular formula is C42H30N4O. The van der Waals surface area contributed by atoms with E-state index in [-0.39, 0.29) is 5.41 Å². The topological polar surface area (TPSA) is 70.6 Å². The molecule has 0 fully saturated rings. The molecule has 0 saturated heterocycles. The van der Waals surface area contributed by atoms with Gasteiger partial charge >= 0.3 is 0 Å². The molecule has 6 aromatic carbocycles. The molecule has 0 amide bonds. The second-order valence-corrected chi connectivity index (χ2v) is 13.3. The van der Waals surface area contributed by atoms with Crippen molar-refractivity contribution >= 4 is 71.8 Å². The van der Waals surface area contributed by atoms with E-state index in [9.17, 15) is 5.26 Å². The summed E-state index contributed by atoms with van der Waals surface area (Å²) in [6.45, 7) is 6.68. The average Bonchev–Trinajstić information content (AvgIpc) is 3.74. The van der Waals surface area contributed by atoms with Crippen molar-refractivity contribution in [3.63, 3.8) is 0 Å². The number of para-hydroxylation sites is 3. The van der Waals surface area contributed by atoms with Crippen molar-refractivity contribution in [2.45, 2.75) is 26.2 Å². The molecule has 3 heterocycles. The van der Waals surface area contributed by atoms with Crippen LogP contribution >= 0.6 is 0 Å². The second-order valence-electron chi connectivity index (χ2n) is 13.3. The molecule has 5 nitrogen and oxygen atoms in total. The first-order chi connectivity index (χ1) is 22.9. The summed E-state index contributed by atoms with van der Waals surface area (Å²) in [5.41, 5.74) is 9.67. The quantitative estimate of drug-likeness (QED) is 0.203. The van der Waals surface area contributed by atoms with Gasteiger partial charge in [-0.05, 0) is 65.6 Å². The Bertz CT molecular complexity index is 2760. The third-order valence-corrected chi connectivity index (χ3v) is 9.61. The van der Waals surface area contributed by atoms with Crippen molar-refractivity contribution in [3.8, 4) is 17.4 Å². The first kappa shape index (κ1) is 27.2. The van der Waals surface area contributed by atoms with Gasteiger partial charge in [0, 0.05) is 38.7 Å². The molecule has 9 rings (SSSR count). The van der Waals surface area contributed by atoms with Crippen LogP contribution in [0.25, 0.3) is 76.9 Å². The van der Waals surface area contributed by atoms with Gasteiger partial charge in [0.1, 0.15) is 11.2 Å². The SMILES string of the molecule is CC(C)(C)c1ccc2c(c1)c1c3oc4ccccc4c3ccc1n2-c1cc(C#N)cc(-n2c3ccccc3c3ccccc32)c1C=N. The first-order valence-electron chi connectivity index (χ1n) is 15.8. The zero-order chi connectivity index (χ0) is 32.0. The largest absolute Gasteiger partial charge is 0.455 e. The maximum atomic E-state index is 10.4. The minimum atomic E-state index is -0.0606. The number of furan rings is 1. The summed E-state index contributed by atoms with van der Waals surface area (Å²) in [6.07, 6.45) is 1.43. The third kappa shape index (κ3) is 3.79. The lowest BCUT2D eigenvalue weighted by atomic mass is 9.86. The fraction of sp³-hybridized carbons (Fsp3) is 0.0952. The van der Waals surface area contributed by atoms with Crippen LogP contribution in [0, 0.1) is 16.7 Å². The summed E-state index contributed by atoms with van der Waals surface area (Å²) in [5.74, 6) is 0. The Hall–Kier alpha value is -6.12. The van der Waals surface area contributed by atoms with E-state index in [0.717, 1.165) is 82.5 Å². The normalized spacial score (nSPS) is 12.2. The van der Waals surface area contributed by atoms with Gasteiger partial charge in [-0.25, -0.2) is 0 Å². The lowest BCUT2D eigenvalue weighted by Gasteiger charge is -2.20. The monoisotopic (exact) mass is 606 g/mol. The molecule has 3 aromatic heterocycles. The van der Waals surface area contributed by atoms with Gasteiger partial charge in [0.2, 0.25) is 0 Å². The number of hydrogen-bond acceptors (Lipinski definition) is 3. The molecule has 1 N–H and O–H groups in total. The number of rotatable bonds is 3. The van der Waals surface area contributed by atoms with E-state index in [1.54, 1.807) is 0 Å². The van der Waals surface area contributed by atoms with E-state index in [1.807, 2.05) is 42.5 Å². The molecule has 0 radical (unpaired) electrons. The highest BCUT2D eigenvalue weighted by Crippen LogP contribution is 2.43. The summed E-state index contributed by atoms with van der Waals surface area (Å²) >= 11 is 0. The molecule has 47 heavy (non-hydrogen) atoms. The van der Waals surface area contributed by atoms with Crippen molar-refractivity contribution in [2.75, 3.05) is 0 Å². The molecule has 0 saturated carbocycles. The zero-order valence-corrected chi connectivity index (χ0v) is 26.3. The molecule has 5 heteroatoms. The molecular weight excluding hydrogens is 576 g/mol. The Morgan fingerprint density at radius 1 is 0.638 bits per heavy atom. The molecule has 0 aliphatic rings. The maximum absolute atomic E-state index is 10.4. The summed E-state index contributed by atoms with van der Waals surface area (Å²) in [6, 6.07) is 42.0. The van der Waals surface area contributed by atoms with Crippen molar-refractivity contribution in [2.24, 2.45) is 0 Å². The number of nitriles is 1. The standard InChI is InChI=1S/C42H30N4O/c1-42(2,3)26-16-18-35-31(22-26)40-36(19-17-30-29-12-6-9-15-39(29)47-41(30)40)46(35)38-21-25(23-43)20-37(32(38)24-44)45-33-13-7-4-10-27(33)28-11-5-8-14-34(28)45/h4-22,24,44H,1-3H3. The van der Waals surface area contributed by atoms with Gasteiger partial charge in [0.05, 0.1) is 50.5 Å². The zero-order valence-electron chi connectivity index (χ0n) is 26.3. The molecule has 0 aliphatic carbocycles. The fourth-order valence-corrected chi connectivity index (χ4v) is 7.40. The number of benzene rings is 6. The second kappa shape index (κ2) is 9.69. The van der Waals surface area contributed by atoms with E-state index in [1.165, 1.54) is 11.8 Å². The molecule has 0 spiro atoms. The van der Waals surface area contributed by atoms with Crippen LogP contribution in [0.2, 0.25) is 0 Å². The Kier molecular flexibility index (Phi) is 5.61. The Balaban J connectivity index is 1.46. The Morgan fingerprint density at radius 3 is 1.85 bits per heavy atom. The van der Waals surface area contributed by atoms with Crippen molar-refractivity contribution in [1.29, 1.82) is 10.7 Å². The van der Waals surface area contributed by atoms with E-state index >= 15 is 0 Å². The minimum absolute atomic E-state index is 0.0606. The van der Waals surface area contributed by atoms with E-state index < -0.39 is 0 Å². The van der Waals surface area contributed by atoms with Gasteiger partial charge in [-0.15, -0.1) is 0 Å². The summed E-state index contributed by atoms with van der Waals surface area (Å²) in [4.78, 5) is 0. The lowest BCUT2D eigenvalue weighted by molar-refractivity contribution is 0.591. The maximum Gasteiger partial charge on any atom is 0.145 e. The molecule has 9 aromatic rings. The molecule has 0 atom stereocenters. The van der Waals surface area contributed by atoms with Crippen molar-refractivity contribution in [3.05, 3.63) is 132 Å². The highest BCUT2D eigenvalue weighted by Gasteiger charge is 2.24. The Labute approximate surface area is 271 Å². The highest BCUT2D eigenvalue weighted by molar-refractivity contribution is 6.24. The predicted octanol–water partition coefficient (Wildman–Crippen LogP) is 10.9. The van der Waals surface area contributed by atoms with Crippen LogP contribution < -0.4 is 0 Å². The van der Waals surface area contributed by atoms with Crippen molar-refractivity contribution < 1.29 is 4.42 Å². The van der Waals surface area contributed by atoms with Crippen LogP contribution in [0.1, 0.15) is 37.5 Å². The van der Waals surface area contributed by atoms with Crippen LogP contribution in [-0.2, 0) is 5.41 Å². The van der Waals surface area contributed by atoms with Gasteiger partial charge in [-0.1, -0.05) is 81.4 Å². The summed E-state index contributed by atoms with van der Waals surface area (Å²) < 4.78 is 11.0. The van der Waals surface area contributed by atoms with Crippen molar-refractivity contribution in [1.82, 2.24) is 9.13 Å². The average molecular weight is 607 g/mol. The number of nitrogens with one attached hydrogen (secondary N) is 1. The van der Waals surface area contributed by atoms with Crippen LogP contribution in [0.15, 0.2) is 120 Å². The number of nitrogens with zero attached hydrogens (tertiary/aromatic N) is 3. The van der Waals surface area contributed by atoms with Crippen LogP contribution in [0.3, 0.4) is 0 Å². The van der Waals surface area contributed by atoms with Gasteiger partial charge in [0.25, 0.3) is 0 Å². The smallest absolute Gasteiger partial charge is 0.145 e. The van der Waals surface area contributed by atoms with Gasteiger partial charge < -0.3 is 19.0 Å². The molecule has 0 aliphatic heterocycles. The van der Waals surface area contributed by atoms with Gasteiger partial charge in [-0.2, -0.15) is 5.26 Å². The lowest BCUT2D eigenvalue weighted by Crippen LogP contribution is -2.10. The summed E-state index contributed by atoms with van der Waals surface area (Å²) in [5, 5.41) is 25.8. The van der Waals surface area contributed by atoms with Gasteiger partial charge in [0.15, 0.2) is 0 Å². The number of fused-ring (bicyclic) bond motifs is 10. The van der Waals surface area contributed by atoms with E-state index in [4.69, 9.17) is 9.83 Å². The van der Waals surface area contributed by atoms with E-state index in [2.05, 4.69) is 109 Å². The highest BCUT2D eigenvalue weighted by atomic mass is 16.3. The summed E-state index contributed by atoms with van der Waals surface area (Å²) in [7, 11) is 0. The molecule has 224 valence electrons. The predicted molar refractivity (Wildman–Crippen MR) is 194 cm³/mol. The number of aromatic nitrogens is 2.